The smallest absolute Gasteiger partial charge is 0.317 e. The minimum atomic E-state index is -0.907. The highest BCUT2D eigenvalue weighted by atomic mass is 16.5. The van der Waals surface area contributed by atoms with E-state index in [2.05, 4.69) is 5.32 Å². The van der Waals surface area contributed by atoms with E-state index in [1.807, 2.05) is 0 Å². The lowest BCUT2D eigenvalue weighted by atomic mass is 9.88. The average Bonchev–Trinajstić information content (AvgIpc) is 2.84. The minimum Gasteiger partial charge on any atom is -0.481 e. The van der Waals surface area contributed by atoms with Gasteiger partial charge < -0.3 is 20.1 Å². The van der Waals surface area contributed by atoms with Crippen LogP contribution in [-0.4, -0.2) is 54.9 Å². The molecule has 2 atom stereocenters. The van der Waals surface area contributed by atoms with Crippen LogP contribution in [0.1, 0.15) is 26.7 Å². The van der Waals surface area contributed by atoms with Crippen LogP contribution < -0.4 is 5.32 Å². The summed E-state index contributed by atoms with van der Waals surface area (Å²) in [5, 5.41) is 11.8. The third-order valence-electron chi connectivity index (χ3n) is 3.69. The first kappa shape index (κ1) is 14.8. The highest BCUT2D eigenvalue weighted by Gasteiger charge is 2.33. The van der Waals surface area contributed by atoms with Gasteiger partial charge in [-0.3, -0.25) is 4.79 Å². The second kappa shape index (κ2) is 6.04. The number of carbonyl (C=O) groups excluding carboxylic acids is 1. The third-order valence-corrected chi connectivity index (χ3v) is 3.69. The number of nitrogens with one attached hydrogen (secondary N) is 1. The Morgan fingerprint density at radius 1 is 1.56 bits per heavy atom. The maximum Gasteiger partial charge on any atom is 0.317 e. The molecule has 2 N–H and O–H groups in total. The number of ether oxygens (including phenoxy) is 1. The monoisotopic (exact) mass is 258 g/mol. The van der Waals surface area contributed by atoms with Crippen molar-refractivity contribution in [3.8, 4) is 0 Å². The predicted molar refractivity (Wildman–Crippen MR) is 66.4 cm³/mol. The van der Waals surface area contributed by atoms with Crippen LogP contribution in [0, 0.1) is 5.41 Å². The first-order valence-electron chi connectivity index (χ1n) is 6.22. The van der Waals surface area contributed by atoms with Gasteiger partial charge in [0.25, 0.3) is 0 Å². The Kier molecular flexibility index (Phi) is 4.95. The largest absolute Gasteiger partial charge is 0.481 e. The van der Waals surface area contributed by atoms with Gasteiger partial charge >= 0.3 is 12.0 Å². The molecular formula is C12H22N2O4. The zero-order valence-corrected chi connectivity index (χ0v) is 11.2. The van der Waals surface area contributed by atoms with E-state index in [4.69, 9.17) is 9.84 Å². The Hall–Kier alpha value is -1.30. The maximum atomic E-state index is 11.9. The Balaban J connectivity index is 2.44. The number of carboxylic acids is 1. The molecule has 6 heteroatoms. The van der Waals surface area contributed by atoms with Gasteiger partial charge in [-0.15, -0.1) is 0 Å². The Labute approximate surface area is 107 Å². The number of aliphatic carboxylic acids is 1. The number of urea groups is 1. The Bertz CT molecular complexity index is 321. The molecule has 2 unspecified atom stereocenters. The highest BCUT2D eigenvalue weighted by Crippen LogP contribution is 2.20. The minimum absolute atomic E-state index is 0.0905. The number of carboxylic acid groups (broad SMARTS) is 1. The van der Waals surface area contributed by atoms with Crippen molar-refractivity contribution >= 4 is 12.0 Å². The van der Waals surface area contributed by atoms with E-state index in [1.165, 1.54) is 0 Å². The van der Waals surface area contributed by atoms with Gasteiger partial charge in [-0.1, -0.05) is 6.92 Å². The maximum absolute atomic E-state index is 11.9. The zero-order valence-electron chi connectivity index (χ0n) is 11.2. The van der Waals surface area contributed by atoms with Crippen molar-refractivity contribution < 1.29 is 19.4 Å². The van der Waals surface area contributed by atoms with Crippen molar-refractivity contribution in [3.63, 3.8) is 0 Å². The molecule has 1 saturated heterocycles. The second-order valence-corrected chi connectivity index (χ2v) is 4.97. The molecule has 1 fully saturated rings. The van der Waals surface area contributed by atoms with Crippen LogP contribution in [0.25, 0.3) is 0 Å². The van der Waals surface area contributed by atoms with Gasteiger partial charge in [-0.05, 0) is 19.8 Å². The highest BCUT2D eigenvalue weighted by molar-refractivity contribution is 5.78. The molecule has 1 aliphatic rings. The van der Waals surface area contributed by atoms with Crippen LogP contribution in [-0.2, 0) is 9.53 Å². The number of nitrogens with zero attached hydrogens (tertiary/aromatic N) is 1. The summed E-state index contributed by atoms with van der Waals surface area (Å²) < 4.78 is 5.18. The van der Waals surface area contributed by atoms with Gasteiger partial charge in [0.1, 0.15) is 0 Å². The van der Waals surface area contributed by atoms with E-state index < -0.39 is 11.4 Å². The topological polar surface area (TPSA) is 78.9 Å². The summed E-state index contributed by atoms with van der Waals surface area (Å²) in [6.45, 7) is 4.80. The van der Waals surface area contributed by atoms with Gasteiger partial charge in [0, 0.05) is 26.7 Å². The van der Waals surface area contributed by atoms with E-state index >= 15 is 0 Å². The molecule has 18 heavy (non-hydrogen) atoms. The lowest BCUT2D eigenvalue weighted by Gasteiger charge is -2.25. The van der Waals surface area contributed by atoms with Crippen LogP contribution in [0.2, 0.25) is 0 Å². The summed E-state index contributed by atoms with van der Waals surface area (Å²) in [6, 6.07) is -0.213. The second-order valence-electron chi connectivity index (χ2n) is 4.97. The predicted octanol–water partition coefficient (Wildman–Crippen LogP) is 0.918. The first-order valence-corrected chi connectivity index (χ1v) is 6.22. The average molecular weight is 258 g/mol. The molecule has 1 heterocycles. The number of rotatable bonds is 5. The summed E-state index contributed by atoms with van der Waals surface area (Å²) >= 11 is 0. The molecule has 0 bridgehead atoms. The number of likely N-dealkylation sites (tertiary alicyclic amines) is 1. The van der Waals surface area contributed by atoms with Crippen molar-refractivity contribution in [2.45, 2.75) is 32.8 Å². The van der Waals surface area contributed by atoms with E-state index in [0.29, 0.717) is 19.5 Å². The first-order chi connectivity index (χ1) is 8.42. The fourth-order valence-corrected chi connectivity index (χ4v) is 1.84. The molecule has 0 aliphatic carbocycles. The summed E-state index contributed by atoms with van der Waals surface area (Å²) in [7, 11) is 1.63. The van der Waals surface area contributed by atoms with E-state index in [-0.39, 0.29) is 18.7 Å². The molecule has 0 aromatic heterocycles. The Morgan fingerprint density at radius 3 is 2.67 bits per heavy atom. The summed E-state index contributed by atoms with van der Waals surface area (Å²) in [4.78, 5) is 24.6. The van der Waals surface area contributed by atoms with Crippen molar-refractivity contribution in [1.29, 1.82) is 0 Å². The molecule has 104 valence electrons. The summed E-state index contributed by atoms with van der Waals surface area (Å²) in [5.74, 6) is -0.888. The zero-order chi connectivity index (χ0) is 13.8. The Morgan fingerprint density at radius 2 is 2.22 bits per heavy atom. The number of amides is 2. The lowest BCUT2D eigenvalue weighted by Crippen LogP contribution is -2.46. The SMILES string of the molecule is CCC(C)(CNC(=O)N1CCC(OC)C1)C(=O)O. The van der Waals surface area contributed by atoms with Crippen molar-refractivity contribution in [3.05, 3.63) is 0 Å². The van der Waals surface area contributed by atoms with Gasteiger partial charge in [0.2, 0.25) is 0 Å². The summed E-state index contributed by atoms with van der Waals surface area (Å²) in [6.07, 6.45) is 1.39. The van der Waals surface area contributed by atoms with E-state index in [1.54, 1.807) is 25.9 Å². The standard InChI is InChI=1S/C12H22N2O4/c1-4-12(2,10(15)16)8-13-11(17)14-6-5-9(7-14)18-3/h9H,4-8H2,1-3H3,(H,13,17)(H,15,16). The van der Waals surface area contributed by atoms with Crippen LogP contribution in [0.3, 0.4) is 0 Å². The van der Waals surface area contributed by atoms with Crippen LogP contribution in [0.5, 0.6) is 0 Å². The molecule has 1 rings (SSSR count). The van der Waals surface area contributed by atoms with Gasteiger partial charge in [0.05, 0.1) is 11.5 Å². The van der Waals surface area contributed by atoms with Gasteiger partial charge in [-0.25, -0.2) is 4.79 Å². The molecular weight excluding hydrogens is 236 g/mol. The van der Waals surface area contributed by atoms with Crippen molar-refractivity contribution in [1.82, 2.24) is 10.2 Å². The number of methoxy groups -OCH3 is 1. The molecule has 6 nitrogen and oxygen atoms in total. The fraction of sp³-hybridized carbons (Fsp3) is 0.833. The number of carbonyl (C=O) groups is 2. The molecule has 0 aromatic rings. The molecule has 2 amide bonds. The quantitative estimate of drug-likeness (QED) is 0.768. The van der Waals surface area contributed by atoms with Gasteiger partial charge in [0.15, 0.2) is 0 Å². The van der Waals surface area contributed by atoms with Gasteiger partial charge in [-0.2, -0.15) is 0 Å². The normalized spacial score (nSPS) is 22.6. The van der Waals surface area contributed by atoms with Crippen LogP contribution in [0.15, 0.2) is 0 Å². The fourth-order valence-electron chi connectivity index (χ4n) is 1.84. The lowest BCUT2D eigenvalue weighted by molar-refractivity contribution is -0.147. The van der Waals surface area contributed by atoms with E-state index in [9.17, 15) is 9.59 Å². The molecule has 0 saturated carbocycles. The van der Waals surface area contributed by atoms with Crippen molar-refractivity contribution in [2.75, 3.05) is 26.7 Å². The summed E-state index contributed by atoms with van der Waals surface area (Å²) in [5.41, 5.74) is -0.907. The molecule has 0 spiro atoms. The number of hydrogen-bond donors (Lipinski definition) is 2. The van der Waals surface area contributed by atoms with Crippen LogP contribution in [0.4, 0.5) is 4.79 Å². The molecule has 0 aromatic carbocycles. The number of hydrogen-bond acceptors (Lipinski definition) is 3. The van der Waals surface area contributed by atoms with Crippen LogP contribution >= 0.6 is 0 Å². The van der Waals surface area contributed by atoms with E-state index in [0.717, 1.165) is 6.42 Å². The van der Waals surface area contributed by atoms with Crippen molar-refractivity contribution in [2.24, 2.45) is 5.41 Å². The molecule has 0 radical (unpaired) electrons. The third kappa shape index (κ3) is 3.35. The molecule has 1 aliphatic heterocycles.